The number of amides is 1. The van der Waals surface area contributed by atoms with Crippen molar-refractivity contribution in [3.63, 3.8) is 0 Å². The van der Waals surface area contributed by atoms with Crippen LogP contribution in [0.4, 0.5) is 10.1 Å². The van der Waals surface area contributed by atoms with Crippen molar-refractivity contribution in [3.05, 3.63) is 84.0 Å². The van der Waals surface area contributed by atoms with E-state index in [1.807, 2.05) is 25.1 Å². The molecule has 0 radical (unpaired) electrons. The molecule has 3 rings (SSSR count). The third-order valence-corrected chi connectivity index (χ3v) is 3.67. The quantitative estimate of drug-likeness (QED) is 0.537. The highest BCUT2D eigenvalue weighted by Crippen LogP contribution is 2.19. The number of halogens is 1. The van der Waals surface area contributed by atoms with Gasteiger partial charge in [0.1, 0.15) is 11.6 Å². The number of fused-ring (bicyclic) bond motifs is 1. The van der Waals surface area contributed by atoms with E-state index >= 15 is 0 Å². The van der Waals surface area contributed by atoms with E-state index in [0.29, 0.717) is 23.5 Å². The number of hydrogen-bond acceptors (Lipinski definition) is 2. The Kier molecular flexibility index (Phi) is 5.04. The predicted octanol–water partition coefficient (Wildman–Crippen LogP) is 4.36. The zero-order chi connectivity index (χ0) is 17.6. The highest BCUT2D eigenvalue weighted by atomic mass is 19.1. The molecule has 0 bridgehead atoms. The minimum Gasteiger partial charge on any atom is -0.342 e. The van der Waals surface area contributed by atoms with Gasteiger partial charge < -0.3 is 10.3 Å². The van der Waals surface area contributed by atoms with E-state index in [-0.39, 0.29) is 11.7 Å². The van der Waals surface area contributed by atoms with Gasteiger partial charge in [-0.2, -0.15) is 0 Å². The van der Waals surface area contributed by atoms with Gasteiger partial charge in [-0.05, 0) is 36.8 Å². The molecule has 1 aromatic heterocycles. The van der Waals surface area contributed by atoms with Crippen LogP contribution in [-0.2, 0) is 11.2 Å². The number of imidazole rings is 1. The standard InChI is InChI=1S/C20H18FN3O/c1-2-3-4-9-20(25)22-15-10-11-17-18(13-15)24-19(23-17)12-14-7-5-6-8-16(14)21/h2-11,13H,12H2,1H3,(H,22,25)(H,23,24)/b3-2+,9-4+. The first kappa shape index (κ1) is 16.6. The monoisotopic (exact) mass is 335 g/mol. The summed E-state index contributed by atoms with van der Waals surface area (Å²) in [5.41, 5.74) is 2.82. The van der Waals surface area contributed by atoms with Gasteiger partial charge in [-0.1, -0.05) is 36.4 Å². The molecule has 0 unspecified atom stereocenters. The Morgan fingerprint density at radius 1 is 1.24 bits per heavy atom. The number of aromatic nitrogens is 2. The van der Waals surface area contributed by atoms with E-state index in [1.165, 1.54) is 12.1 Å². The average Bonchev–Trinajstić information content (AvgIpc) is 2.99. The molecule has 0 spiro atoms. The van der Waals surface area contributed by atoms with Crippen LogP contribution in [0.1, 0.15) is 18.3 Å². The van der Waals surface area contributed by atoms with Gasteiger partial charge in [-0.3, -0.25) is 4.79 Å². The summed E-state index contributed by atoms with van der Waals surface area (Å²) in [4.78, 5) is 19.5. The minimum absolute atomic E-state index is 0.205. The Morgan fingerprint density at radius 2 is 2.08 bits per heavy atom. The lowest BCUT2D eigenvalue weighted by Gasteiger charge is -2.01. The van der Waals surface area contributed by atoms with Crippen molar-refractivity contribution in [2.45, 2.75) is 13.3 Å². The lowest BCUT2D eigenvalue weighted by Crippen LogP contribution is -2.07. The van der Waals surface area contributed by atoms with E-state index in [1.54, 1.807) is 36.4 Å². The Balaban J connectivity index is 1.77. The molecule has 0 atom stereocenters. The number of benzene rings is 2. The van der Waals surface area contributed by atoms with Gasteiger partial charge in [0.15, 0.2) is 0 Å². The number of H-pyrrole nitrogens is 1. The Bertz CT molecular complexity index is 956. The van der Waals surface area contributed by atoms with Crippen molar-refractivity contribution in [3.8, 4) is 0 Å². The Labute approximate surface area is 145 Å². The fraction of sp³-hybridized carbons (Fsp3) is 0.100. The van der Waals surface area contributed by atoms with Crippen LogP contribution in [-0.4, -0.2) is 15.9 Å². The number of carbonyl (C=O) groups is 1. The molecule has 1 heterocycles. The van der Waals surface area contributed by atoms with Gasteiger partial charge in [0.2, 0.25) is 5.91 Å². The smallest absolute Gasteiger partial charge is 0.248 e. The van der Waals surface area contributed by atoms with Crippen LogP contribution in [0, 0.1) is 5.82 Å². The van der Waals surface area contributed by atoms with Gasteiger partial charge in [0.25, 0.3) is 0 Å². The predicted molar refractivity (Wildman–Crippen MR) is 97.9 cm³/mol. The van der Waals surface area contributed by atoms with Crippen molar-refractivity contribution in [2.24, 2.45) is 0 Å². The average molecular weight is 335 g/mol. The first-order valence-corrected chi connectivity index (χ1v) is 7.98. The van der Waals surface area contributed by atoms with Crippen LogP contribution in [0.5, 0.6) is 0 Å². The molecule has 2 N–H and O–H groups in total. The lowest BCUT2D eigenvalue weighted by atomic mass is 10.1. The van der Waals surface area contributed by atoms with E-state index in [4.69, 9.17) is 0 Å². The second-order valence-electron chi connectivity index (χ2n) is 5.56. The molecule has 0 aliphatic carbocycles. The second-order valence-corrected chi connectivity index (χ2v) is 5.56. The van der Waals surface area contributed by atoms with Gasteiger partial charge in [-0.25, -0.2) is 9.37 Å². The molecule has 25 heavy (non-hydrogen) atoms. The molecular formula is C20H18FN3O. The number of hydrogen-bond donors (Lipinski definition) is 2. The van der Waals surface area contributed by atoms with E-state index < -0.39 is 0 Å². The van der Waals surface area contributed by atoms with Crippen LogP contribution < -0.4 is 5.32 Å². The number of anilines is 1. The third kappa shape index (κ3) is 4.20. The van der Waals surface area contributed by atoms with Crippen molar-refractivity contribution in [1.29, 1.82) is 0 Å². The largest absolute Gasteiger partial charge is 0.342 e. The molecule has 3 aromatic rings. The molecule has 0 saturated carbocycles. The second kappa shape index (κ2) is 7.57. The number of aromatic amines is 1. The summed E-state index contributed by atoms with van der Waals surface area (Å²) in [5.74, 6) is 0.226. The van der Waals surface area contributed by atoms with Crippen LogP contribution in [0.25, 0.3) is 11.0 Å². The first-order chi connectivity index (χ1) is 12.2. The lowest BCUT2D eigenvalue weighted by molar-refractivity contribution is -0.111. The topological polar surface area (TPSA) is 57.8 Å². The SMILES string of the molecule is C/C=C/C=C/C(=O)Nc1ccc2nc(Cc3ccccc3F)[nH]c2c1. The van der Waals surface area contributed by atoms with Gasteiger partial charge in [-0.15, -0.1) is 0 Å². The maximum Gasteiger partial charge on any atom is 0.248 e. The van der Waals surface area contributed by atoms with Gasteiger partial charge in [0.05, 0.1) is 11.0 Å². The highest BCUT2D eigenvalue weighted by molar-refractivity contribution is 6.00. The highest BCUT2D eigenvalue weighted by Gasteiger charge is 2.08. The molecule has 5 heteroatoms. The molecule has 0 aliphatic rings. The maximum atomic E-state index is 13.8. The van der Waals surface area contributed by atoms with Crippen LogP contribution in [0.15, 0.2) is 66.8 Å². The fourth-order valence-corrected chi connectivity index (χ4v) is 2.48. The van der Waals surface area contributed by atoms with Crippen molar-refractivity contribution in [1.82, 2.24) is 9.97 Å². The van der Waals surface area contributed by atoms with E-state index in [9.17, 15) is 9.18 Å². The molecule has 4 nitrogen and oxygen atoms in total. The summed E-state index contributed by atoms with van der Waals surface area (Å²) < 4.78 is 13.8. The van der Waals surface area contributed by atoms with E-state index in [2.05, 4.69) is 15.3 Å². The van der Waals surface area contributed by atoms with Crippen molar-refractivity contribution in [2.75, 3.05) is 5.32 Å². The molecule has 0 saturated heterocycles. The number of nitrogens with one attached hydrogen (secondary N) is 2. The Hall–Kier alpha value is -3.21. The molecular weight excluding hydrogens is 317 g/mol. The number of rotatable bonds is 5. The Morgan fingerprint density at radius 3 is 2.88 bits per heavy atom. The van der Waals surface area contributed by atoms with Crippen molar-refractivity contribution >= 4 is 22.6 Å². The maximum absolute atomic E-state index is 13.8. The first-order valence-electron chi connectivity index (χ1n) is 7.98. The fourth-order valence-electron chi connectivity index (χ4n) is 2.48. The minimum atomic E-state index is -0.246. The van der Waals surface area contributed by atoms with Crippen molar-refractivity contribution < 1.29 is 9.18 Å². The summed E-state index contributed by atoms with van der Waals surface area (Å²) in [5, 5.41) is 2.79. The molecule has 126 valence electrons. The van der Waals surface area contributed by atoms with Crippen LogP contribution in [0.3, 0.4) is 0 Å². The molecule has 2 aromatic carbocycles. The summed E-state index contributed by atoms with van der Waals surface area (Å²) in [6, 6.07) is 12.1. The summed E-state index contributed by atoms with van der Waals surface area (Å²) in [6.07, 6.45) is 7.15. The summed E-state index contributed by atoms with van der Waals surface area (Å²) in [6.45, 7) is 1.88. The third-order valence-electron chi connectivity index (χ3n) is 3.67. The van der Waals surface area contributed by atoms with E-state index in [0.717, 1.165) is 11.0 Å². The number of carbonyl (C=O) groups excluding carboxylic acids is 1. The van der Waals surface area contributed by atoms with Crippen LogP contribution >= 0.6 is 0 Å². The number of nitrogens with zero attached hydrogens (tertiary/aromatic N) is 1. The zero-order valence-electron chi connectivity index (χ0n) is 13.8. The number of allylic oxidation sites excluding steroid dienone is 3. The summed E-state index contributed by atoms with van der Waals surface area (Å²) in [7, 11) is 0. The van der Waals surface area contributed by atoms with Gasteiger partial charge in [0, 0.05) is 18.2 Å². The van der Waals surface area contributed by atoms with Gasteiger partial charge >= 0.3 is 0 Å². The van der Waals surface area contributed by atoms with Crippen LogP contribution in [0.2, 0.25) is 0 Å². The molecule has 0 aliphatic heterocycles. The summed E-state index contributed by atoms with van der Waals surface area (Å²) >= 11 is 0. The molecule has 0 fully saturated rings. The normalized spacial score (nSPS) is 11.6. The zero-order valence-corrected chi connectivity index (χ0v) is 13.8. The molecule has 1 amide bonds.